The Labute approximate surface area is 158 Å². The summed E-state index contributed by atoms with van der Waals surface area (Å²) in [5, 5.41) is 17.5. The van der Waals surface area contributed by atoms with E-state index in [4.69, 9.17) is 0 Å². The van der Waals surface area contributed by atoms with Gasteiger partial charge in [0.1, 0.15) is 0 Å². The van der Waals surface area contributed by atoms with E-state index in [0.717, 1.165) is 5.69 Å². The molecule has 1 aromatic carbocycles. The van der Waals surface area contributed by atoms with Crippen molar-refractivity contribution in [3.05, 3.63) is 48.3 Å². The van der Waals surface area contributed by atoms with Crippen molar-refractivity contribution in [3.8, 4) is 5.69 Å². The molecule has 144 valence electrons. The summed E-state index contributed by atoms with van der Waals surface area (Å²) < 4.78 is 1.69. The van der Waals surface area contributed by atoms with E-state index in [1.54, 1.807) is 43.2 Å². The third kappa shape index (κ3) is 4.72. The Bertz CT molecular complexity index is 790. The molecule has 1 fully saturated rings. The summed E-state index contributed by atoms with van der Waals surface area (Å²) in [4.78, 5) is 27.9. The molecule has 8 heteroatoms. The fourth-order valence-corrected chi connectivity index (χ4v) is 3.10. The molecular formula is C19H25N5O3. The standard InChI is InChI=1S/C19H25N5O3/c1-22(2)18(26)13-23-10-7-16(17(25)12-23)21-19(27)14-5-3-6-15(11-14)24-9-4-8-20-24/h3-6,8-9,11,16-17,25H,7,10,12-13H2,1-2H3,(H,21,27)/t16-,17-/m1/s1. The van der Waals surface area contributed by atoms with Crippen LogP contribution in [-0.2, 0) is 4.79 Å². The summed E-state index contributed by atoms with van der Waals surface area (Å²) in [6.07, 6.45) is 3.36. The number of aliphatic hydroxyl groups is 1. The lowest BCUT2D eigenvalue weighted by Gasteiger charge is -2.36. The summed E-state index contributed by atoms with van der Waals surface area (Å²) in [6, 6.07) is 8.66. The van der Waals surface area contributed by atoms with Crippen molar-refractivity contribution in [2.45, 2.75) is 18.6 Å². The topological polar surface area (TPSA) is 90.7 Å². The fraction of sp³-hybridized carbons (Fsp3) is 0.421. The van der Waals surface area contributed by atoms with E-state index in [-0.39, 0.29) is 24.4 Å². The number of likely N-dealkylation sites (tertiary alicyclic amines) is 1. The van der Waals surface area contributed by atoms with E-state index in [1.807, 2.05) is 23.2 Å². The molecule has 2 atom stereocenters. The van der Waals surface area contributed by atoms with Gasteiger partial charge in [0.2, 0.25) is 5.91 Å². The highest BCUT2D eigenvalue weighted by Crippen LogP contribution is 2.14. The van der Waals surface area contributed by atoms with Gasteiger partial charge in [0.15, 0.2) is 0 Å². The molecule has 2 aromatic rings. The van der Waals surface area contributed by atoms with Gasteiger partial charge in [-0.15, -0.1) is 0 Å². The minimum Gasteiger partial charge on any atom is -0.390 e. The van der Waals surface area contributed by atoms with E-state index in [9.17, 15) is 14.7 Å². The Hall–Kier alpha value is -2.71. The van der Waals surface area contributed by atoms with Crippen LogP contribution in [0, 0.1) is 0 Å². The zero-order chi connectivity index (χ0) is 19.4. The van der Waals surface area contributed by atoms with Gasteiger partial charge in [-0.05, 0) is 30.7 Å². The van der Waals surface area contributed by atoms with Crippen LogP contribution in [0.15, 0.2) is 42.7 Å². The molecule has 0 unspecified atom stereocenters. The third-order valence-electron chi connectivity index (χ3n) is 4.72. The Morgan fingerprint density at radius 2 is 2.15 bits per heavy atom. The second kappa shape index (κ2) is 8.32. The highest BCUT2D eigenvalue weighted by molar-refractivity contribution is 5.95. The van der Waals surface area contributed by atoms with Crippen molar-refractivity contribution >= 4 is 11.8 Å². The van der Waals surface area contributed by atoms with Gasteiger partial charge in [0.05, 0.1) is 24.4 Å². The van der Waals surface area contributed by atoms with Crippen LogP contribution in [0.2, 0.25) is 0 Å². The van der Waals surface area contributed by atoms with Crippen LogP contribution >= 0.6 is 0 Å². The number of amides is 2. The number of β-amino-alcohol motifs (C(OH)–C–C–N with tert-alkyl or cyclic N) is 1. The number of carbonyl (C=O) groups is 2. The maximum atomic E-state index is 12.6. The largest absolute Gasteiger partial charge is 0.390 e. The van der Waals surface area contributed by atoms with Gasteiger partial charge in [-0.2, -0.15) is 5.10 Å². The van der Waals surface area contributed by atoms with Crippen LogP contribution in [0.25, 0.3) is 5.69 Å². The molecule has 0 aliphatic carbocycles. The van der Waals surface area contributed by atoms with Crippen molar-refractivity contribution in [2.24, 2.45) is 0 Å². The van der Waals surface area contributed by atoms with Gasteiger partial charge in [-0.25, -0.2) is 4.68 Å². The molecule has 1 aliphatic rings. The number of nitrogens with one attached hydrogen (secondary N) is 1. The summed E-state index contributed by atoms with van der Waals surface area (Å²) in [5.41, 5.74) is 1.31. The predicted molar refractivity (Wildman–Crippen MR) is 101 cm³/mol. The quantitative estimate of drug-likeness (QED) is 0.779. The Kier molecular flexibility index (Phi) is 5.88. The Morgan fingerprint density at radius 1 is 1.33 bits per heavy atom. The predicted octanol–water partition coefficient (Wildman–Crippen LogP) is 0.126. The van der Waals surface area contributed by atoms with Crippen molar-refractivity contribution in [1.82, 2.24) is 24.9 Å². The van der Waals surface area contributed by atoms with E-state index in [2.05, 4.69) is 10.4 Å². The van der Waals surface area contributed by atoms with E-state index >= 15 is 0 Å². The van der Waals surface area contributed by atoms with Crippen LogP contribution in [0.3, 0.4) is 0 Å². The summed E-state index contributed by atoms with van der Waals surface area (Å²) >= 11 is 0. The van der Waals surface area contributed by atoms with Crippen molar-refractivity contribution in [2.75, 3.05) is 33.7 Å². The van der Waals surface area contributed by atoms with Crippen LogP contribution in [0.1, 0.15) is 16.8 Å². The second-order valence-electron chi connectivity index (χ2n) is 6.96. The number of aromatic nitrogens is 2. The second-order valence-corrected chi connectivity index (χ2v) is 6.96. The first-order valence-electron chi connectivity index (χ1n) is 8.95. The zero-order valence-electron chi connectivity index (χ0n) is 15.6. The van der Waals surface area contributed by atoms with Crippen molar-refractivity contribution in [1.29, 1.82) is 0 Å². The molecule has 2 heterocycles. The van der Waals surface area contributed by atoms with Gasteiger partial charge >= 0.3 is 0 Å². The van der Waals surface area contributed by atoms with Crippen LogP contribution in [-0.4, -0.2) is 82.4 Å². The minimum atomic E-state index is -0.716. The molecule has 27 heavy (non-hydrogen) atoms. The van der Waals surface area contributed by atoms with E-state index in [0.29, 0.717) is 25.1 Å². The lowest BCUT2D eigenvalue weighted by Crippen LogP contribution is -2.55. The van der Waals surface area contributed by atoms with Crippen molar-refractivity contribution in [3.63, 3.8) is 0 Å². The number of benzene rings is 1. The fourth-order valence-electron chi connectivity index (χ4n) is 3.10. The van der Waals surface area contributed by atoms with Gasteiger partial charge in [-0.3, -0.25) is 14.5 Å². The SMILES string of the molecule is CN(C)C(=O)CN1CC[C@@H](NC(=O)c2cccc(-n3cccn3)c2)[C@H](O)C1. The highest BCUT2D eigenvalue weighted by atomic mass is 16.3. The Balaban J connectivity index is 1.59. The molecule has 1 saturated heterocycles. The Morgan fingerprint density at radius 3 is 2.81 bits per heavy atom. The maximum absolute atomic E-state index is 12.6. The maximum Gasteiger partial charge on any atom is 0.251 e. The van der Waals surface area contributed by atoms with Crippen LogP contribution in [0.4, 0.5) is 0 Å². The average Bonchev–Trinajstić information content (AvgIpc) is 3.18. The lowest BCUT2D eigenvalue weighted by atomic mass is 10.0. The monoisotopic (exact) mass is 371 g/mol. The summed E-state index contributed by atoms with van der Waals surface area (Å²) in [6.45, 7) is 1.28. The molecule has 8 nitrogen and oxygen atoms in total. The molecule has 0 bridgehead atoms. The number of aliphatic hydroxyl groups excluding tert-OH is 1. The van der Waals surface area contributed by atoms with Crippen LogP contribution in [0.5, 0.6) is 0 Å². The molecule has 2 amide bonds. The number of rotatable bonds is 5. The summed E-state index contributed by atoms with van der Waals surface area (Å²) in [5.74, 6) is -0.231. The van der Waals surface area contributed by atoms with Crippen molar-refractivity contribution < 1.29 is 14.7 Å². The number of hydrogen-bond acceptors (Lipinski definition) is 5. The van der Waals surface area contributed by atoms with Gasteiger partial charge in [0, 0.05) is 45.1 Å². The molecule has 3 rings (SSSR count). The molecule has 1 aromatic heterocycles. The minimum absolute atomic E-state index is 0.000113. The smallest absolute Gasteiger partial charge is 0.251 e. The van der Waals surface area contributed by atoms with Gasteiger partial charge < -0.3 is 15.3 Å². The number of hydrogen-bond donors (Lipinski definition) is 2. The number of nitrogens with zero attached hydrogens (tertiary/aromatic N) is 4. The summed E-state index contributed by atoms with van der Waals surface area (Å²) in [7, 11) is 3.42. The molecular weight excluding hydrogens is 346 g/mol. The first-order chi connectivity index (χ1) is 12.9. The van der Waals surface area contributed by atoms with Gasteiger partial charge in [-0.1, -0.05) is 6.07 Å². The highest BCUT2D eigenvalue weighted by Gasteiger charge is 2.30. The van der Waals surface area contributed by atoms with Gasteiger partial charge in [0.25, 0.3) is 5.91 Å². The third-order valence-corrected chi connectivity index (χ3v) is 4.72. The average molecular weight is 371 g/mol. The zero-order valence-corrected chi connectivity index (χ0v) is 15.6. The first kappa shape index (κ1) is 19.1. The molecule has 1 aliphatic heterocycles. The normalized spacial score (nSPS) is 20.3. The van der Waals surface area contributed by atoms with Crippen LogP contribution < -0.4 is 5.32 Å². The molecule has 2 N–H and O–H groups in total. The first-order valence-corrected chi connectivity index (χ1v) is 8.95. The molecule has 0 spiro atoms. The number of piperidine rings is 1. The van der Waals surface area contributed by atoms with E-state index in [1.165, 1.54) is 4.90 Å². The lowest BCUT2D eigenvalue weighted by molar-refractivity contribution is -0.130. The molecule has 0 radical (unpaired) electrons. The number of likely N-dealkylation sites (N-methyl/N-ethyl adjacent to an activating group) is 1. The van der Waals surface area contributed by atoms with E-state index < -0.39 is 6.10 Å². The molecule has 0 saturated carbocycles. The number of carbonyl (C=O) groups excluding carboxylic acids is 2.